The highest BCUT2D eigenvalue weighted by atomic mass is 32.2. The average Bonchev–Trinajstić information content (AvgIpc) is 3.22. The molecule has 3 heterocycles. The molecule has 2 saturated heterocycles. The lowest BCUT2D eigenvalue weighted by molar-refractivity contribution is -0.117. The standard InChI is InChI=1S/C18H24N6OS/c1-12-4-6-14(7-5-12)16-24(15(25)13(2)26-16)18-19-17(20-21-18)23-10-8-22(3)9-11-23/h4-7,13,16H,8-11H2,1-3H3,(H,19,20,21)/t13?,16-/m1/s1. The van der Waals surface area contributed by atoms with Crippen LogP contribution in [0.2, 0.25) is 0 Å². The molecular weight excluding hydrogens is 348 g/mol. The minimum atomic E-state index is -0.0986. The van der Waals surface area contributed by atoms with Crippen LogP contribution in [0.25, 0.3) is 0 Å². The molecule has 7 nitrogen and oxygen atoms in total. The maximum Gasteiger partial charge on any atom is 0.246 e. The van der Waals surface area contributed by atoms with Crippen LogP contribution in [0, 0.1) is 6.92 Å². The van der Waals surface area contributed by atoms with Crippen LogP contribution < -0.4 is 9.80 Å². The zero-order valence-corrected chi connectivity index (χ0v) is 16.2. The quantitative estimate of drug-likeness (QED) is 0.889. The van der Waals surface area contributed by atoms with Crippen molar-refractivity contribution in [2.75, 3.05) is 43.0 Å². The number of aromatic nitrogens is 3. The lowest BCUT2D eigenvalue weighted by Crippen LogP contribution is -2.45. The van der Waals surface area contributed by atoms with Gasteiger partial charge in [0, 0.05) is 26.2 Å². The summed E-state index contributed by atoms with van der Waals surface area (Å²) in [5, 5.41) is 7.20. The number of likely N-dealkylation sites (N-methyl/N-ethyl adjacent to an activating group) is 1. The highest BCUT2D eigenvalue weighted by Gasteiger charge is 2.41. The number of H-pyrrole nitrogens is 1. The van der Waals surface area contributed by atoms with Crippen LogP contribution in [-0.4, -0.2) is 64.5 Å². The number of piperazine rings is 1. The first-order chi connectivity index (χ1) is 12.5. The van der Waals surface area contributed by atoms with Gasteiger partial charge >= 0.3 is 0 Å². The van der Waals surface area contributed by atoms with Gasteiger partial charge in [-0.3, -0.25) is 9.69 Å². The Kier molecular flexibility index (Phi) is 4.62. The van der Waals surface area contributed by atoms with Crippen molar-refractivity contribution in [2.45, 2.75) is 24.5 Å². The monoisotopic (exact) mass is 372 g/mol. The molecule has 1 amide bonds. The van der Waals surface area contributed by atoms with Gasteiger partial charge in [0.15, 0.2) is 0 Å². The molecule has 2 fully saturated rings. The van der Waals surface area contributed by atoms with E-state index in [4.69, 9.17) is 0 Å². The van der Waals surface area contributed by atoms with E-state index in [1.165, 1.54) is 5.56 Å². The molecule has 2 aliphatic heterocycles. The highest BCUT2D eigenvalue weighted by Crippen LogP contribution is 2.44. The van der Waals surface area contributed by atoms with Crippen molar-refractivity contribution in [3.8, 4) is 0 Å². The van der Waals surface area contributed by atoms with Crippen LogP contribution in [0.3, 0.4) is 0 Å². The van der Waals surface area contributed by atoms with Gasteiger partial charge in [-0.2, -0.15) is 4.98 Å². The molecule has 4 rings (SSSR count). The number of hydrogen-bond donors (Lipinski definition) is 1. The van der Waals surface area contributed by atoms with E-state index in [0.717, 1.165) is 31.7 Å². The smallest absolute Gasteiger partial charge is 0.246 e. The number of hydrogen-bond acceptors (Lipinski definition) is 6. The Morgan fingerprint density at radius 1 is 1.15 bits per heavy atom. The maximum atomic E-state index is 12.8. The van der Waals surface area contributed by atoms with Gasteiger partial charge in [-0.1, -0.05) is 29.8 Å². The predicted molar refractivity (Wildman–Crippen MR) is 105 cm³/mol. The molecule has 2 aliphatic rings. The minimum absolute atomic E-state index is 0.0710. The fourth-order valence-corrected chi connectivity index (χ4v) is 4.55. The number of amides is 1. The van der Waals surface area contributed by atoms with Crippen LogP contribution in [0.4, 0.5) is 11.9 Å². The number of aryl methyl sites for hydroxylation is 1. The number of nitrogens with zero attached hydrogens (tertiary/aromatic N) is 5. The molecule has 8 heteroatoms. The van der Waals surface area contributed by atoms with Gasteiger partial charge in [0.1, 0.15) is 5.37 Å². The first-order valence-electron chi connectivity index (χ1n) is 8.94. The van der Waals surface area contributed by atoms with Crippen molar-refractivity contribution in [3.05, 3.63) is 35.4 Å². The topological polar surface area (TPSA) is 68.4 Å². The van der Waals surface area contributed by atoms with Crippen LogP contribution in [0.5, 0.6) is 0 Å². The number of thioether (sulfide) groups is 1. The molecule has 1 unspecified atom stereocenters. The van der Waals surface area contributed by atoms with Gasteiger partial charge in [-0.15, -0.1) is 16.9 Å². The summed E-state index contributed by atoms with van der Waals surface area (Å²) in [5.74, 6) is 1.28. The molecule has 1 aromatic carbocycles. The fraction of sp³-hybridized carbons (Fsp3) is 0.500. The van der Waals surface area contributed by atoms with E-state index in [-0.39, 0.29) is 16.5 Å². The number of aromatic amines is 1. The van der Waals surface area contributed by atoms with Crippen molar-refractivity contribution in [2.24, 2.45) is 0 Å². The molecule has 0 spiro atoms. The van der Waals surface area contributed by atoms with Crippen molar-refractivity contribution in [1.29, 1.82) is 0 Å². The summed E-state index contributed by atoms with van der Waals surface area (Å²) < 4.78 is 0. The molecule has 2 atom stereocenters. The molecule has 0 saturated carbocycles. The lowest BCUT2D eigenvalue weighted by atomic mass is 10.1. The molecule has 26 heavy (non-hydrogen) atoms. The van der Waals surface area contributed by atoms with Gasteiger partial charge in [0.25, 0.3) is 0 Å². The van der Waals surface area contributed by atoms with E-state index in [0.29, 0.717) is 11.9 Å². The number of rotatable bonds is 3. The number of anilines is 2. The first-order valence-corrected chi connectivity index (χ1v) is 9.88. The third-order valence-corrected chi connectivity index (χ3v) is 6.34. The van der Waals surface area contributed by atoms with Gasteiger partial charge in [-0.25, -0.2) is 5.10 Å². The number of nitrogens with one attached hydrogen (secondary N) is 1. The lowest BCUT2D eigenvalue weighted by Gasteiger charge is -2.31. The van der Waals surface area contributed by atoms with Crippen molar-refractivity contribution < 1.29 is 4.79 Å². The van der Waals surface area contributed by atoms with E-state index in [2.05, 4.69) is 63.2 Å². The Labute approximate surface area is 157 Å². The summed E-state index contributed by atoms with van der Waals surface area (Å²) in [5.41, 5.74) is 2.32. The Balaban J connectivity index is 1.60. The number of carbonyl (C=O) groups excluding carboxylic acids is 1. The zero-order chi connectivity index (χ0) is 18.3. The second kappa shape index (κ2) is 6.92. The summed E-state index contributed by atoms with van der Waals surface area (Å²) in [7, 11) is 2.12. The van der Waals surface area contributed by atoms with Crippen LogP contribution in [-0.2, 0) is 4.79 Å². The second-order valence-electron chi connectivity index (χ2n) is 7.00. The van der Waals surface area contributed by atoms with Gasteiger partial charge in [0.05, 0.1) is 5.25 Å². The first kappa shape index (κ1) is 17.4. The molecule has 138 valence electrons. The van der Waals surface area contributed by atoms with Crippen molar-refractivity contribution in [1.82, 2.24) is 20.1 Å². The van der Waals surface area contributed by atoms with E-state index < -0.39 is 0 Å². The molecular formula is C18H24N6OS. The second-order valence-corrected chi connectivity index (χ2v) is 8.42. The third kappa shape index (κ3) is 3.19. The average molecular weight is 372 g/mol. The van der Waals surface area contributed by atoms with E-state index in [9.17, 15) is 4.79 Å². The summed E-state index contributed by atoms with van der Waals surface area (Å²) in [6.07, 6.45) is 0. The van der Waals surface area contributed by atoms with E-state index in [1.807, 2.05) is 6.92 Å². The molecule has 2 aromatic rings. The number of carbonyl (C=O) groups is 1. The summed E-state index contributed by atoms with van der Waals surface area (Å²) in [6, 6.07) is 8.33. The zero-order valence-electron chi connectivity index (χ0n) is 15.3. The van der Waals surface area contributed by atoms with Gasteiger partial charge < -0.3 is 9.80 Å². The highest BCUT2D eigenvalue weighted by molar-refractivity contribution is 8.01. The third-order valence-electron chi connectivity index (χ3n) is 4.99. The largest absolute Gasteiger partial charge is 0.337 e. The molecule has 0 radical (unpaired) electrons. The fourth-order valence-electron chi connectivity index (χ4n) is 3.30. The van der Waals surface area contributed by atoms with Crippen molar-refractivity contribution in [3.63, 3.8) is 0 Å². The predicted octanol–water partition coefficient (Wildman–Crippen LogP) is 2.03. The van der Waals surface area contributed by atoms with E-state index >= 15 is 0 Å². The van der Waals surface area contributed by atoms with Crippen LogP contribution >= 0.6 is 11.8 Å². The van der Waals surface area contributed by atoms with Crippen molar-refractivity contribution >= 4 is 29.6 Å². The summed E-state index contributed by atoms with van der Waals surface area (Å²) >= 11 is 1.65. The Hall–Kier alpha value is -2.06. The van der Waals surface area contributed by atoms with E-state index in [1.54, 1.807) is 16.7 Å². The van der Waals surface area contributed by atoms with Gasteiger partial charge in [0.2, 0.25) is 17.8 Å². The maximum absolute atomic E-state index is 12.8. The minimum Gasteiger partial charge on any atom is -0.337 e. The Bertz CT molecular complexity index is 783. The number of benzene rings is 1. The molecule has 0 bridgehead atoms. The van der Waals surface area contributed by atoms with Gasteiger partial charge in [-0.05, 0) is 26.5 Å². The summed E-state index contributed by atoms with van der Waals surface area (Å²) in [6.45, 7) is 7.79. The summed E-state index contributed by atoms with van der Waals surface area (Å²) in [4.78, 5) is 23.6. The van der Waals surface area contributed by atoms with Crippen LogP contribution in [0.15, 0.2) is 24.3 Å². The van der Waals surface area contributed by atoms with Crippen LogP contribution in [0.1, 0.15) is 23.4 Å². The molecule has 0 aliphatic carbocycles. The SMILES string of the molecule is Cc1ccc([C@H]2SC(C)C(=O)N2c2nc(N3CCN(C)CC3)n[nH]2)cc1. The molecule has 1 N–H and O–H groups in total. The normalized spacial score (nSPS) is 24.5. The Morgan fingerprint density at radius 2 is 1.85 bits per heavy atom. The Morgan fingerprint density at radius 3 is 2.54 bits per heavy atom. The molecule has 1 aromatic heterocycles.